The van der Waals surface area contributed by atoms with Crippen molar-refractivity contribution in [3.8, 4) is 5.75 Å². The molecule has 0 aliphatic heterocycles. The molecule has 0 spiro atoms. The number of amides is 1. The van der Waals surface area contributed by atoms with E-state index in [0.717, 1.165) is 0 Å². The van der Waals surface area contributed by atoms with Crippen molar-refractivity contribution in [2.45, 2.75) is 0 Å². The SMILES string of the molecule is C=CC(=O)N(C)CCOc1ccccc1Cl. The molecule has 1 aromatic carbocycles. The molecule has 0 heterocycles. The molecule has 1 rings (SSSR count). The van der Waals surface area contributed by atoms with E-state index in [-0.39, 0.29) is 5.91 Å². The molecule has 0 atom stereocenters. The van der Waals surface area contributed by atoms with Gasteiger partial charge in [0.05, 0.1) is 11.6 Å². The second-order valence-corrected chi connectivity index (χ2v) is 3.65. The van der Waals surface area contributed by atoms with Crippen LogP contribution in [0.2, 0.25) is 5.02 Å². The van der Waals surface area contributed by atoms with E-state index < -0.39 is 0 Å². The molecule has 1 aromatic rings. The standard InChI is InChI=1S/C12H14ClNO2/c1-3-12(15)14(2)8-9-16-11-7-5-4-6-10(11)13/h3-7H,1,8-9H2,2H3. The van der Waals surface area contributed by atoms with Crippen molar-refractivity contribution >= 4 is 17.5 Å². The van der Waals surface area contributed by atoms with E-state index in [1.54, 1.807) is 19.2 Å². The number of carbonyl (C=O) groups is 1. The first-order valence-corrected chi connectivity index (χ1v) is 5.28. The van der Waals surface area contributed by atoms with Crippen molar-refractivity contribution in [2.24, 2.45) is 0 Å². The Morgan fingerprint density at radius 3 is 2.88 bits per heavy atom. The van der Waals surface area contributed by atoms with Gasteiger partial charge in [0.2, 0.25) is 5.91 Å². The van der Waals surface area contributed by atoms with E-state index in [1.165, 1.54) is 11.0 Å². The van der Waals surface area contributed by atoms with Crippen LogP contribution in [0.1, 0.15) is 0 Å². The molecule has 4 heteroatoms. The first-order chi connectivity index (χ1) is 7.65. The minimum Gasteiger partial charge on any atom is -0.490 e. The molecule has 0 saturated heterocycles. The molecular formula is C12H14ClNO2. The molecular weight excluding hydrogens is 226 g/mol. The van der Waals surface area contributed by atoms with Crippen molar-refractivity contribution in [2.75, 3.05) is 20.2 Å². The van der Waals surface area contributed by atoms with Gasteiger partial charge in [-0.15, -0.1) is 0 Å². The highest BCUT2D eigenvalue weighted by molar-refractivity contribution is 6.32. The first kappa shape index (κ1) is 12.6. The van der Waals surface area contributed by atoms with Gasteiger partial charge in [-0.2, -0.15) is 0 Å². The predicted molar refractivity (Wildman–Crippen MR) is 64.8 cm³/mol. The third kappa shape index (κ3) is 3.59. The van der Waals surface area contributed by atoms with E-state index in [2.05, 4.69) is 6.58 Å². The number of likely N-dealkylation sites (N-methyl/N-ethyl adjacent to an activating group) is 1. The largest absolute Gasteiger partial charge is 0.490 e. The summed E-state index contributed by atoms with van der Waals surface area (Å²) in [6.45, 7) is 4.31. The average molecular weight is 240 g/mol. The number of hydrogen-bond donors (Lipinski definition) is 0. The first-order valence-electron chi connectivity index (χ1n) is 4.90. The van der Waals surface area contributed by atoms with E-state index in [0.29, 0.717) is 23.9 Å². The highest BCUT2D eigenvalue weighted by atomic mass is 35.5. The van der Waals surface area contributed by atoms with Gasteiger partial charge in [0.15, 0.2) is 0 Å². The zero-order valence-electron chi connectivity index (χ0n) is 9.15. The summed E-state index contributed by atoms with van der Waals surface area (Å²) in [4.78, 5) is 12.7. The number of halogens is 1. The van der Waals surface area contributed by atoms with Crippen molar-refractivity contribution in [1.29, 1.82) is 0 Å². The molecule has 0 fully saturated rings. The third-order valence-corrected chi connectivity index (χ3v) is 2.38. The molecule has 0 radical (unpaired) electrons. The predicted octanol–water partition coefficient (Wildman–Crippen LogP) is 2.36. The number of hydrogen-bond acceptors (Lipinski definition) is 2. The smallest absolute Gasteiger partial charge is 0.245 e. The zero-order valence-corrected chi connectivity index (χ0v) is 9.91. The lowest BCUT2D eigenvalue weighted by Crippen LogP contribution is -2.29. The van der Waals surface area contributed by atoms with Crippen LogP contribution in [-0.4, -0.2) is 31.0 Å². The summed E-state index contributed by atoms with van der Waals surface area (Å²) >= 11 is 5.91. The van der Waals surface area contributed by atoms with Crippen molar-refractivity contribution in [3.05, 3.63) is 41.9 Å². The van der Waals surface area contributed by atoms with Crippen LogP contribution >= 0.6 is 11.6 Å². The van der Waals surface area contributed by atoms with Crippen molar-refractivity contribution < 1.29 is 9.53 Å². The fraction of sp³-hybridized carbons (Fsp3) is 0.250. The Labute approximate surface area is 100 Å². The minimum absolute atomic E-state index is 0.122. The van der Waals surface area contributed by atoms with E-state index in [1.807, 2.05) is 12.1 Å². The van der Waals surface area contributed by atoms with Gasteiger partial charge in [-0.05, 0) is 18.2 Å². The summed E-state index contributed by atoms with van der Waals surface area (Å²) in [5.41, 5.74) is 0. The highest BCUT2D eigenvalue weighted by Gasteiger charge is 2.04. The average Bonchev–Trinajstić information content (AvgIpc) is 2.30. The van der Waals surface area contributed by atoms with E-state index in [4.69, 9.17) is 16.3 Å². The summed E-state index contributed by atoms with van der Waals surface area (Å²) in [6, 6.07) is 7.23. The maximum absolute atomic E-state index is 11.1. The molecule has 0 aliphatic carbocycles. The Bertz CT molecular complexity index is 379. The molecule has 0 aliphatic rings. The fourth-order valence-electron chi connectivity index (χ4n) is 1.12. The Morgan fingerprint density at radius 1 is 1.56 bits per heavy atom. The maximum Gasteiger partial charge on any atom is 0.245 e. The van der Waals surface area contributed by atoms with Gasteiger partial charge >= 0.3 is 0 Å². The number of carbonyl (C=O) groups excluding carboxylic acids is 1. The van der Waals surface area contributed by atoms with Crippen molar-refractivity contribution in [3.63, 3.8) is 0 Å². The van der Waals surface area contributed by atoms with E-state index >= 15 is 0 Å². The number of benzene rings is 1. The Balaban J connectivity index is 2.39. The van der Waals surface area contributed by atoms with Crippen LogP contribution in [0.4, 0.5) is 0 Å². The second-order valence-electron chi connectivity index (χ2n) is 3.24. The van der Waals surface area contributed by atoms with Gasteiger partial charge in [-0.3, -0.25) is 4.79 Å². The van der Waals surface area contributed by atoms with Crippen LogP contribution in [-0.2, 0) is 4.79 Å². The summed E-state index contributed by atoms with van der Waals surface area (Å²) in [5.74, 6) is 0.506. The highest BCUT2D eigenvalue weighted by Crippen LogP contribution is 2.22. The molecule has 0 aromatic heterocycles. The minimum atomic E-state index is -0.122. The zero-order chi connectivity index (χ0) is 12.0. The Morgan fingerprint density at radius 2 is 2.25 bits per heavy atom. The molecule has 0 N–H and O–H groups in total. The summed E-state index contributed by atoms with van der Waals surface area (Å²) in [7, 11) is 1.69. The summed E-state index contributed by atoms with van der Waals surface area (Å²) in [5, 5.41) is 0.570. The topological polar surface area (TPSA) is 29.5 Å². The lowest BCUT2D eigenvalue weighted by molar-refractivity contribution is -0.125. The monoisotopic (exact) mass is 239 g/mol. The quantitative estimate of drug-likeness (QED) is 0.739. The van der Waals surface area contributed by atoms with Crippen LogP contribution < -0.4 is 4.74 Å². The van der Waals surface area contributed by atoms with Gasteiger partial charge in [0.1, 0.15) is 12.4 Å². The van der Waals surface area contributed by atoms with Gasteiger partial charge in [-0.25, -0.2) is 0 Å². The van der Waals surface area contributed by atoms with Crippen molar-refractivity contribution in [1.82, 2.24) is 4.90 Å². The molecule has 16 heavy (non-hydrogen) atoms. The lowest BCUT2D eigenvalue weighted by atomic mass is 10.3. The van der Waals surface area contributed by atoms with E-state index in [9.17, 15) is 4.79 Å². The van der Waals surface area contributed by atoms with Crippen LogP contribution in [0.3, 0.4) is 0 Å². The van der Waals surface area contributed by atoms with Crippen LogP contribution in [0, 0.1) is 0 Å². The van der Waals surface area contributed by atoms with Crippen LogP contribution in [0.25, 0.3) is 0 Å². The number of nitrogens with zero attached hydrogens (tertiary/aromatic N) is 1. The van der Waals surface area contributed by atoms with Gasteiger partial charge < -0.3 is 9.64 Å². The molecule has 3 nitrogen and oxygen atoms in total. The summed E-state index contributed by atoms with van der Waals surface area (Å²) < 4.78 is 5.44. The number of ether oxygens (including phenoxy) is 1. The van der Waals surface area contributed by atoms with Gasteiger partial charge in [0.25, 0.3) is 0 Å². The normalized spacial score (nSPS) is 9.62. The van der Waals surface area contributed by atoms with Gasteiger partial charge in [-0.1, -0.05) is 30.3 Å². The lowest BCUT2D eigenvalue weighted by Gasteiger charge is -2.15. The Hall–Kier alpha value is -1.48. The molecule has 0 saturated carbocycles. The Kier molecular flexibility index (Phi) is 4.86. The third-order valence-electron chi connectivity index (χ3n) is 2.07. The molecule has 86 valence electrons. The maximum atomic E-state index is 11.1. The second kappa shape index (κ2) is 6.18. The molecule has 0 unspecified atom stereocenters. The van der Waals surface area contributed by atoms with Gasteiger partial charge in [0, 0.05) is 7.05 Å². The molecule has 0 bridgehead atoms. The van der Waals surface area contributed by atoms with Crippen LogP contribution in [0.15, 0.2) is 36.9 Å². The number of para-hydroxylation sites is 1. The molecule has 1 amide bonds. The van der Waals surface area contributed by atoms with Crippen LogP contribution in [0.5, 0.6) is 5.75 Å². The summed E-state index contributed by atoms with van der Waals surface area (Å²) in [6.07, 6.45) is 1.27. The number of rotatable bonds is 5. The fourth-order valence-corrected chi connectivity index (χ4v) is 1.31.